The SMILES string of the molecule is COC(=O)c1ccc(C=C(CN2CCCC2=O)C(=O)O)cc1. The quantitative estimate of drug-likeness (QED) is 0.659. The van der Waals surface area contributed by atoms with E-state index in [0.717, 1.165) is 6.42 Å². The molecule has 116 valence electrons. The molecule has 1 aliphatic heterocycles. The molecule has 0 aromatic heterocycles. The molecule has 1 aromatic carbocycles. The molecule has 6 heteroatoms. The molecule has 0 unspecified atom stereocenters. The lowest BCUT2D eigenvalue weighted by Crippen LogP contribution is -2.28. The topological polar surface area (TPSA) is 83.9 Å². The van der Waals surface area contributed by atoms with Crippen LogP contribution in [0.4, 0.5) is 0 Å². The van der Waals surface area contributed by atoms with Gasteiger partial charge in [-0.15, -0.1) is 0 Å². The number of likely N-dealkylation sites (tertiary alicyclic amines) is 1. The van der Waals surface area contributed by atoms with Crippen LogP contribution in [0.25, 0.3) is 6.08 Å². The number of benzene rings is 1. The predicted molar refractivity (Wildman–Crippen MR) is 79.2 cm³/mol. The van der Waals surface area contributed by atoms with Crippen molar-refractivity contribution >= 4 is 23.9 Å². The number of hydrogen-bond donors (Lipinski definition) is 1. The summed E-state index contributed by atoms with van der Waals surface area (Å²) >= 11 is 0. The zero-order chi connectivity index (χ0) is 16.1. The van der Waals surface area contributed by atoms with Gasteiger partial charge in [0.25, 0.3) is 0 Å². The van der Waals surface area contributed by atoms with Crippen LogP contribution in [0.5, 0.6) is 0 Å². The smallest absolute Gasteiger partial charge is 0.337 e. The number of carboxylic acids is 1. The number of amides is 1. The molecular formula is C16H17NO5. The second kappa shape index (κ2) is 6.89. The molecular weight excluding hydrogens is 286 g/mol. The minimum Gasteiger partial charge on any atom is -0.478 e. The van der Waals surface area contributed by atoms with Crippen molar-refractivity contribution < 1.29 is 24.2 Å². The highest BCUT2D eigenvalue weighted by atomic mass is 16.5. The van der Waals surface area contributed by atoms with Crippen LogP contribution < -0.4 is 0 Å². The first-order chi connectivity index (χ1) is 10.5. The average Bonchev–Trinajstić information content (AvgIpc) is 2.91. The molecule has 0 bridgehead atoms. The first-order valence-corrected chi connectivity index (χ1v) is 6.91. The molecule has 1 fully saturated rings. The van der Waals surface area contributed by atoms with Crippen LogP contribution in [0, 0.1) is 0 Å². The van der Waals surface area contributed by atoms with E-state index in [1.807, 2.05) is 0 Å². The van der Waals surface area contributed by atoms with Crippen LogP contribution in [0.1, 0.15) is 28.8 Å². The van der Waals surface area contributed by atoms with E-state index in [2.05, 4.69) is 4.74 Å². The number of esters is 1. The molecule has 0 saturated carbocycles. The van der Waals surface area contributed by atoms with E-state index < -0.39 is 11.9 Å². The molecule has 1 heterocycles. The minimum absolute atomic E-state index is 0.0202. The van der Waals surface area contributed by atoms with E-state index in [1.54, 1.807) is 29.2 Å². The number of hydrogen-bond acceptors (Lipinski definition) is 4. The van der Waals surface area contributed by atoms with Crippen LogP contribution >= 0.6 is 0 Å². The summed E-state index contributed by atoms with van der Waals surface area (Å²) in [5.74, 6) is -1.53. The maximum Gasteiger partial charge on any atom is 0.337 e. The van der Waals surface area contributed by atoms with Gasteiger partial charge in [0.2, 0.25) is 5.91 Å². The Kier molecular flexibility index (Phi) is 4.93. The standard InChI is InChI=1S/C16H17NO5/c1-22-16(21)12-6-4-11(5-7-12)9-13(15(19)20)10-17-8-2-3-14(17)18/h4-7,9H,2-3,8,10H2,1H3,(H,19,20). The maximum absolute atomic E-state index is 11.6. The monoisotopic (exact) mass is 303 g/mol. The second-order valence-electron chi connectivity index (χ2n) is 5.01. The summed E-state index contributed by atoms with van der Waals surface area (Å²) in [6.45, 7) is 0.678. The fraction of sp³-hybridized carbons (Fsp3) is 0.312. The van der Waals surface area contributed by atoms with Crippen molar-refractivity contribution in [3.63, 3.8) is 0 Å². The lowest BCUT2D eigenvalue weighted by molar-refractivity contribution is -0.133. The number of nitrogens with zero attached hydrogens (tertiary/aromatic N) is 1. The highest BCUT2D eigenvalue weighted by molar-refractivity contribution is 5.94. The second-order valence-corrected chi connectivity index (χ2v) is 5.01. The molecule has 0 spiro atoms. The molecule has 1 amide bonds. The minimum atomic E-state index is -1.06. The van der Waals surface area contributed by atoms with Crippen LogP contribution in [0.15, 0.2) is 29.8 Å². The first kappa shape index (κ1) is 15.8. The molecule has 6 nitrogen and oxygen atoms in total. The lowest BCUT2D eigenvalue weighted by Gasteiger charge is -2.15. The lowest BCUT2D eigenvalue weighted by atomic mass is 10.1. The van der Waals surface area contributed by atoms with Gasteiger partial charge in [0.15, 0.2) is 0 Å². The maximum atomic E-state index is 11.6. The molecule has 1 aromatic rings. The Morgan fingerprint density at radius 1 is 1.32 bits per heavy atom. The van der Waals surface area contributed by atoms with Gasteiger partial charge in [-0.3, -0.25) is 4.79 Å². The zero-order valence-electron chi connectivity index (χ0n) is 12.2. The van der Waals surface area contributed by atoms with E-state index in [1.165, 1.54) is 13.2 Å². The number of rotatable bonds is 5. The molecule has 1 saturated heterocycles. The Labute approximate surface area is 128 Å². The molecule has 22 heavy (non-hydrogen) atoms. The highest BCUT2D eigenvalue weighted by Gasteiger charge is 2.23. The number of carbonyl (C=O) groups is 3. The van der Waals surface area contributed by atoms with Gasteiger partial charge in [-0.05, 0) is 30.2 Å². The van der Waals surface area contributed by atoms with Crippen molar-refractivity contribution in [1.29, 1.82) is 0 Å². The van der Waals surface area contributed by atoms with Gasteiger partial charge >= 0.3 is 11.9 Å². The van der Waals surface area contributed by atoms with Gasteiger partial charge < -0.3 is 14.7 Å². The van der Waals surface area contributed by atoms with Crippen molar-refractivity contribution in [3.8, 4) is 0 Å². The number of ether oxygens (including phenoxy) is 1. The Bertz CT molecular complexity index is 618. The Hall–Kier alpha value is -2.63. The summed E-state index contributed by atoms with van der Waals surface area (Å²) in [5.41, 5.74) is 1.18. The van der Waals surface area contributed by atoms with Gasteiger partial charge in [-0.1, -0.05) is 12.1 Å². The van der Waals surface area contributed by atoms with Crippen LogP contribution in [0.3, 0.4) is 0 Å². The summed E-state index contributed by atoms with van der Waals surface area (Å²) in [6.07, 6.45) is 2.75. The van der Waals surface area contributed by atoms with E-state index in [9.17, 15) is 19.5 Å². The number of methoxy groups -OCH3 is 1. The third kappa shape index (κ3) is 3.72. The van der Waals surface area contributed by atoms with Gasteiger partial charge in [0.1, 0.15) is 0 Å². The van der Waals surface area contributed by atoms with Gasteiger partial charge in [0, 0.05) is 13.0 Å². The summed E-state index contributed by atoms with van der Waals surface area (Å²) in [7, 11) is 1.30. The van der Waals surface area contributed by atoms with E-state index in [0.29, 0.717) is 24.1 Å². The predicted octanol–water partition coefficient (Wildman–Crippen LogP) is 1.56. The van der Waals surface area contributed by atoms with Gasteiger partial charge in [0.05, 0.1) is 24.8 Å². The van der Waals surface area contributed by atoms with E-state index >= 15 is 0 Å². The normalized spacial score (nSPS) is 15.0. The van der Waals surface area contributed by atoms with Crippen LogP contribution in [-0.2, 0) is 14.3 Å². The van der Waals surface area contributed by atoms with Crippen molar-refractivity contribution in [2.75, 3.05) is 20.2 Å². The summed E-state index contributed by atoms with van der Waals surface area (Å²) < 4.78 is 4.60. The average molecular weight is 303 g/mol. The van der Waals surface area contributed by atoms with Gasteiger partial charge in [-0.2, -0.15) is 0 Å². The summed E-state index contributed by atoms with van der Waals surface area (Å²) in [4.78, 5) is 35.8. The zero-order valence-corrected chi connectivity index (χ0v) is 12.2. The fourth-order valence-corrected chi connectivity index (χ4v) is 2.29. The van der Waals surface area contributed by atoms with Crippen molar-refractivity contribution in [3.05, 3.63) is 41.0 Å². The van der Waals surface area contributed by atoms with Crippen molar-refractivity contribution in [2.45, 2.75) is 12.8 Å². The van der Waals surface area contributed by atoms with Crippen LogP contribution in [0.2, 0.25) is 0 Å². The summed E-state index contributed by atoms with van der Waals surface area (Å²) in [5, 5.41) is 9.28. The van der Waals surface area contributed by atoms with E-state index in [-0.39, 0.29) is 18.0 Å². The van der Waals surface area contributed by atoms with E-state index in [4.69, 9.17) is 0 Å². The molecule has 0 aliphatic carbocycles. The molecule has 2 rings (SSSR count). The number of aliphatic carboxylic acids is 1. The highest BCUT2D eigenvalue weighted by Crippen LogP contribution is 2.15. The Balaban J connectivity index is 2.17. The Morgan fingerprint density at radius 2 is 2.00 bits per heavy atom. The molecule has 1 N–H and O–H groups in total. The van der Waals surface area contributed by atoms with Gasteiger partial charge in [-0.25, -0.2) is 9.59 Å². The third-order valence-corrected chi connectivity index (χ3v) is 3.48. The van der Waals surface area contributed by atoms with Crippen molar-refractivity contribution in [1.82, 2.24) is 4.90 Å². The first-order valence-electron chi connectivity index (χ1n) is 6.91. The molecule has 1 aliphatic rings. The fourth-order valence-electron chi connectivity index (χ4n) is 2.29. The summed E-state index contributed by atoms with van der Waals surface area (Å²) in [6, 6.07) is 6.41. The molecule has 0 radical (unpaired) electrons. The number of carboxylic acid groups (broad SMARTS) is 1. The number of carbonyl (C=O) groups excluding carboxylic acids is 2. The molecule has 0 atom stereocenters. The largest absolute Gasteiger partial charge is 0.478 e. The Morgan fingerprint density at radius 3 is 2.50 bits per heavy atom. The third-order valence-electron chi connectivity index (χ3n) is 3.48. The van der Waals surface area contributed by atoms with Crippen molar-refractivity contribution in [2.24, 2.45) is 0 Å². The van der Waals surface area contributed by atoms with Crippen LogP contribution in [-0.4, -0.2) is 48.1 Å².